The SMILES string of the molecule is CNCCc1c(C(C)C)[nH]c2ccc(C(C)(C)C)cc12. The Morgan fingerprint density at radius 1 is 1.20 bits per heavy atom. The number of aromatic nitrogens is 1. The normalized spacial score (nSPS) is 12.6. The van der Waals surface area contributed by atoms with Gasteiger partial charge in [0, 0.05) is 16.6 Å². The van der Waals surface area contributed by atoms with E-state index in [1.807, 2.05) is 7.05 Å². The largest absolute Gasteiger partial charge is 0.358 e. The van der Waals surface area contributed by atoms with Gasteiger partial charge in [-0.3, -0.25) is 0 Å². The van der Waals surface area contributed by atoms with Gasteiger partial charge in [0.2, 0.25) is 0 Å². The molecular weight excluding hydrogens is 244 g/mol. The number of nitrogens with one attached hydrogen (secondary N) is 2. The van der Waals surface area contributed by atoms with Crippen molar-refractivity contribution in [3.8, 4) is 0 Å². The van der Waals surface area contributed by atoms with Gasteiger partial charge < -0.3 is 10.3 Å². The third-order valence-corrected chi connectivity index (χ3v) is 4.01. The summed E-state index contributed by atoms with van der Waals surface area (Å²) in [7, 11) is 2.02. The fraction of sp³-hybridized carbons (Fsp3) is 0.556. The molecule has 0 bridgehead atoms. The molecule has 1 heterocycles. The van der Waals surface area contributed by atoms with E-state index in [0.717, 1.165) is 13.0 Å². The first-order valence-corrected chi connectivity index (χ1v) is 7.64. The first kappa shape index (κ1) is 15.1. The predicted octanol–water partition coefficient (Wildman–Crippen LogP) is 4.35. The Kier molecular flexibility index (Phi) is 4.24. The number of hydrogen-bond donors (Lipinski definition) is 2. The van der Waals surface area contributed by atoms with Crippen molar-refractivity contribution in [2.45, 2.75) is 52.4 Å². The molecule has 110 valence electrons. The molecule has 20 heavy (non-hydrogen) atoms. The number of benzene rings is 1. The third kappa shape index (κ3) is 2.90. The minimum absolute atomic E-state index is 0.198. The Morgan fingerprint density at radius 2 is 1.90 bits per heavy atom. The van der Waals surface area contributed by atoms with Crippen LogP contribution in [0.15, 0.2) is 18.2 Å². The Morgan fingerprint density at radius 3 is 2.45 bits per heavy atom. The molecule has 0 amide bonds. The standard InChI is InChI=1S/C18H28N2/c1-12(2)17-14(9-10-19-6)15-11-13(18(3,4)5)7-8-16(15)20-17/h7-8,11-12,19-20H,9-10H2,1-6H3. The Labute approximate surface area is 123 Å². The third-order valence-electron chi connectivity index (χ3n) is 4.01. The number of H-pyrrole nitrogens is 1. The molecule has 1 aromatic carbocycles. The summed E-state index contributed by atoms with van der Waals surface area (Å²) in [6.07, 6.45) is 1.08. The second kappa shape index (κ2) is 5.61. The molecule has 2 rings (SSSR count). The maximum Gasteiger partial charge on any atom is 0.0459 e. The van der Waals surface area contributed by atoms with E-state index in [0.29, 0.717) is 5.92 Å². The van der Waals surface area contributed by atoms with Crippen LogP contribution in [0, 0.1) is 0 Å². The first-order chi connectivity index (χ1) is 9.34. The molecule has 0 saturated heterocycles. The fourth-order valence-corrected chi connectivity index (χ4v) is 2.75. The molecule has 2 aromatic rings. The van der Waals surface area contributed by atoms with Crippen LogP contribution in [-0.2, 0) is 11.8 Å². The maximum atomic E-state index is 3.62. The topological polar surface area (TPSA) is 27.8 Å². The summed E-state index contributed by atoms with van der Waals surface area (Å²) in [6.45, 7) is 12.4. The lowest BCUT2D eigenvalue weighted by molar-refractivity contribution is 0.591. The summed E-state index contributed by atoms with van der Waals surface area (Å²) >= 11 is 0. The zero-order valence-corrected chi connectivity index (χ0v) is 13.7. The average molecular weight is 272 g/mol. The van der Waals surface area contributed by atoms with Crippen LogP contribution in [0.4, 0.5) is 0 Å². The number of fused-ring (bicyclic) bond motifs is 1. The zero-order chi connectivity index (χ0) is 14.9. The molecular formula is C18H28N2. The Bertz CT molecular complexity index is 585. The summed E-state index contributed by atoms with van der Waals surface area (Å²) in [5.41, 5.74) is 5.75. The zero-order valence-electron chi connectivity index (χ0n) is 13.7. The number of aromatic amines is 1. The lowest BCUT2D eigenvalue weighted by Gasteiger charge is -2.19. The van der Waals surface area contributed by atoms with Crippen LogP contribution in [0.1, 0.15) is 57.4 Å². The molecule has 0 radical (unpaired) electrons. The number of likely N-dealkylation sites (N-methyl/N-ethyl adjacent to an activating group) is 1. The van der Waals surface area contributed by atoms with Gasteiger partial charge >= 0.3 is 0 Å². The van der Waals surface area contributed by atoms with E-state index in [4.69, 9.17) is 0 Å². The quantitative estimate of drug-likeness (QED) is 0.851. The highest BCUT2D eigenvalue weighted by Gasteiger charge is 2.18. The summed E-state index contributed by atoms with van der Waals surface area (Å²) in [6, 6.07) is 6.87. The van der Waals surface area contributed by atoms with Crippen molar-refractivity contribution in [3.63, 3.8) is 0 Å². The van der Waals surface area contributed by atoms with E-state index in [2.05, 4.69) is 63.1 Å². The molecule has 1 aromatic heterocycles. The molecule has 0 aliphatic heterocycles. The number of rotatable bonds is 4. The van der Waals surface area contributed by atoms with E-state index >= 15 is 0 Å². The minimum atomic E-state index is 0.198. The second-order valence-corrected chi connectivity index (χ2v) is 7.04. The molecule has 0 unspecified atom stereocenters. The van der Waals surface area contributed by atoms with E-state index in [-0.39, 0.29) is 5.41 Å². The van der Waals surface area contributed by atoms with Gasteiger partial charge in [0.1, 0.15) is 0 Å². The van der Waals surface area contributed by atoms with Crippen molar-refractivity contribution in [3.05, 3.63) is 35.0 Å². The van der Waals surface area contributed by atoms with Gasteiger partial charge in [0.05, 0.1) is 0 Å². The van der Waals surface area contributed by atoms with Crippen LogP contribution in [0.3, 0.4) is 0 Å². The van der Waals surface area contributed by atoms with Crippen LogP contribution in [0.25, 0.3) is 10.9 Å². The van der Waals surface area contributed by atoms with Crippen LogP contribution in [0.5, 0.6) is 0 Å². The van der Waals surface area contributed by atoms with Crippen molar-refractivity contribution < 1.29 is 0 Å². The highest BCUT2D eigenvalue weighted by Crippen LogP contribution is 2.32. The van der Waals surface area contributed by atoms with Gasteiger partial charge in [-0.25, -0.2) is 0 Å². The summed E-state index contributed by atoms with van der Waals surface area (Å²) in [5.74, 6) is 0.535. The molecule has 0 saturated carbocycles. The van der Waals surface area contributed by atoms with Crippen LogP contribution in [0.2, 0.25) is 0 Å². The summed E-state index contributed by atoms with van der Waals surface area (Å²) in [4.78, 5) is 3.62. The summed E-state index contributed by atoms with van der Waals surface area (Å²) < 4.78 is 0. The highest BCUT2D eigenvalue weighted by molar-refractivity contribution is 5.86. The van der Waals surface area contributed by atoms with Gasteiger partial charge in [0.25, 0.3) is 0 Å². The second-order valence-electron chi connectivity index (χ2n) is 7.04. The Hall–Kier alpha value is -1.28. The van der Waals surface area contributed by atoms with Crippen molar-refractivity contribution in [2.75, 3.05) is 13.6 Å². The average Bonchev–Trinajstić information content (AvgIpc) is 2.73. The molecule has 0 aliphatic carbocycles. The molecule has 0 atom stereocenters. The van der Waals surface area contributed by atoms with Gasteiger partial charge in [-0.2, -0.15) is 0 Å². The molecule has 0 aliphatic rings. The van der Waals surface area contributed by atoms with Crippen molar-refractivity contribution in [1.82, 2.24) is 10.3 Å². The van der Waals surface area contributed by atoms with Crippen LogP contribution >= 0.6 is 0 Å². The summed E-state index contributed by atoms with van der Waals surface area (Å²) in [5, 5.41) is 4.67. The van der Waals surface area contributed by atoms with Crippen LogP contribution < -0.4 is 5.32 Å². The monoisotopic (exact) mass is 272 g/mol. The van der Waals surface area contributed by atoms with Gasteiger partial charge in [-0.15, -0.1) is 0 Å². The maximum absolute atomic E-state index is 3.62. The highest BCUT2D eigenvalue weighted by atomic mass is 14.8. The molecule has 2 N–H and O–H groups in total. The van der Waals surface area contributed by atoms with E-state index in [1.54, 1.807) is 0 Å². The van der Waals surface area contributed by atoms with E-state index in [9.17, 15) is 0 Å². The number of hydrogen-bond acceptors (Lipinski definition) is 1. The van der Waals surface area contributed by atoms with Gasteiger partial charge in [-0.1, -0.05) is 40.7 Å². The van der Waals surface area contributed by atoms with Gasteiger partial charge in [-0.05, 0) is 54.6 Å². The lowest BCUT2D eigenvalue weighted by atomic mass is 9.86. The predicted molar refractivity (Wildman–Crippen MR) is 88.7 cm³/mol. The van der Waals surface area contributed by atoms with Crippen molar-refractivity contribution >= 4 is 10.9 Å². The Balaban J connectivity index is 2.59. The smallest absolute Gasteiger partial charge is 0.0459 e. The van der Waals surface area contributed by atoms with Gasteiger partial charge in [0.15, 0.2) is 0 Å². The molecule has 2 nitrogen and oxygen atoms in total. The lowest BCUT2D eigenvalue weighted by Crippen LogP contribution is -2.12. The molecule has 0 fully saturated rings. The molecule has 0 spiro atoms. The first-order valence-electron chi connectivity index (χ1n) is 7.64. The van der Waals surface area contributed by atoms with Crippen molar-refractivity contribution in [2.24, 2.45) is 0 Å². The molecule has 2 heteroatoms. The minimum Gasteiger partial charge on any atom is -0.358 e. The van der Waals surface area contributed by atoms with Crippen molar-refractivity contribution in [1.29, 1.82) is 0 Å². The van der Waals surface area contributed by atoms with E-state index in [1.165, 1.54) is 27.7 Å². The fourth-order valence-electron chi connectivity index (χ4n) is 2.75. The van der Waals surface area contributed by atoms with E-state index < -0.39 is 0 Å². The van der Waals surface area contributed by atoms with Crippen LogP contribution in [-0.4, -0.2) is 18.6 Å².